The lowest BCUT2D eigenvalue weighted by Crippen LogP contribution is -2.55. The first-order chi connectivity index (χ1) is 15.3. The molecule has 0 spiro atoms. The predicted molar refractivity (Wildman–Crippen MR) is 124 cm³/mol. The molecule has 1 aliphatic rings. The van der Waals surface area contributed by atoms with Gasteiger partial charge in [0.2, 0.25) is 11.8 Å². The van der Waals surface area contributed by atoms with Crippen molar-refractivity contribution in [3.05, 3.63) is 76.2 Å². The van der Waals surface area contributed by atoms with E-state index in [0.717, 1.165) is 16.7 Å². The molecule has 0 aliphatic carbocycles. The van der Waals surface area contributed by atoms with Crippen LogP contribution in [0.2, 0.25) is 0 Å². The number of hydrogen-bond donors (Lipinski definition) is 3. The van der Waals surface area contributed by atoms with E-state index in [9.17, 15) is 14.7 Å². The molecular formula is C24H28FN5O2. The number of benzene rings is 2. The molecule has 1 unspecified atom stereocenters. The maximum absolute atomic E-state index is 14.3. The second-order valence-corrected chi connectivity index (χ2v) is 8.35. The van der Waals surface area contributed by atoms with Crippen LogP contribution in [0.5, 0.6) is 0 Å². The Kier molecular flexibility index (Phi) is 6.21. The molecule has 3 atom stereocenters. The van der Waals surface area contributed by atoms with Gasteiger partial charge in [-0.3, -0.25) is 9.96 Å². The zero-order valence-electron chi connectivity index (χ0n) is 18.5. The number of aliphatic hydroxyl groups is 1. The summed E-state index contributed by atoms with van der Waals surface area (Å²) in [7, 11) is 0. The number of aromatic nitrogens is 2. The van der Waals surface area contributed by atoms with Crippen LogP contribution in [0, 0.1) is 17.9 Å². The van der Waals surface area contributed by atoms with Gasteiger partial charge in [0.25, 0.3) is 0 Å². The largest absolute Gasteiger partial charge is 0.625 e. The second-order valence-electron chi connectivity index (χ2n) is 8.35. The summed E-state index contributed by atoms with van der Waals surface area (Å²) in [4.78, 5) is 9.33. The average molecular weight is 438 g/mol. The first-order valence-electron chi connectivity index (χ1n) is 10.7. The lowest BCUT2D eigenvalue weighted by molar-refractivity contribution is 0.249. The molecule has 0 bridgehead atoms. The highest BCUT2D eigenvalue weighted by Crippen LogP contribution is 2.41. The van der Waals surface area contributed by atoms with Crippen molar-refractivity contribution < 1.29 is 9.50 Å². The lowest BCUT2D eigenvalue weighted by Gasteiger charge is -2.49. The minimum absolute atomic E-state index is 0.106. The second kappa shape index (κ2) is 8.91. The van der Waals surface area contributed by atoms with E-state index in [1.54, 1.807) is 13.0 Å². The Labute approximate surface area is 187 Å². The Bertz CT molecular complexity index is 1110. The number of rotatable bonds is 6. The highest BCUT2D eigenvalue weighted by Gasteiger charge is 2.38. The van der Waals surface area contributed by atoms with Gasteiger partial charge in [-0.15, -0.1) is 0 Å². The number of anilines is 1. The van der Waals surface area contributed by atoms with Crippen LogP contribution in [0.25, 0.3) is 11.3 Å². The Morgan fingerprint density at radius 1 is 1.19 bits per heavy atom. The van der Waals surface area contributed by atoms with E-state index in [1.165, 1.54) is 12.1 Å². The molecule has 4 rings (SSSR count). The van der Waals surface area contributed by atoms with Crippen LogP contribution in [0.15, 0.2) is 48.5 Å². The van der Waals surface area contributed by atoms with Crippen LogP contribution in [0.3, 0.4) is 0 Å². The van der Waals surface area contributed by atoms with Gasteiger partial charge in [0.1, 0.15) is 18.5 Å². The molecule has 168 valence electrons. The minimum atomic E-state index is -0.697. The predicted octanol–water partition coefficient (Wildman–Crippen LogP) is 4.01. The standard InChI is InChI=1S/C24H28FN5O2/c1-15-11-19(25)9-10-20(15)22-21-12-26-14-30(32,17(3)18-7-5-4-6-8-18)23(21)29-24(28-22)27-16(2)13-31/h4-11,16-17,26,31H,12-14H2,1-3H3,(H,27,28,29)/t16-,17+,30?/m1/s1. The number of aryl methyl sites for hydroxylation is 1. The first kappa shape index (κ1) is 22.3. The number of halogens is 1. The molecule has 32 heavy (non-hydrogen) atoms. The molecular weight excluding hydrogens is 409 g/mol. The zero-order chi connectivity index (χ0) is 22.9. The van der Waals surface area contributed by atoms with Crippen molar-refractivity contribution in [1.29, 1.82) is 0 Å². The van der Waals surface area contributed by atoms with Crippen LogP contribution in [0.4, 0.5) is 16.2 Å². The van der Waals surface area contributed by atoms with Crippen molar-refractivity contribution in [3.63, 3.8) is 0 Å². The van der Waals surface area contributed by atoms with Crippen LogP contribution in [-0.4, -0.2) is 34.4 Å². The number of hydrogen-bond acceptors (Lipinski definition) is 6. The van der Waals surface area contributed by atoms with Gasteiger partial charge in [-0.2, -0.15) is 4.98 Å². The van der Waals surface area contributed by atoms with E-state index < -0.39 is 10.7 Å². The van der Waals surface area contributed by atoms with E-state index >= 15 is 0 Å². The van der Waals surface area contributed by atoms with Crippen molar-refractivity contribution in [2.24, 2.45) is 0 Å². The van der Waals surface area contributed by atoms with Crippen LogP contribution >= 0.6 is 0 Å². The summed E-state index contributed by atoms with van der Waals surface area (Å²) < 4.78 is 13.1. The van der Waals surface area contributed by atoms with E-state index in [-0.39, 0.29) is 31.1 Å². The number of nitrogens with one attached hydrogen (secondary N) is 2. The molecule has 0 saturated carbocycles. The van der Waals surface area contributed by atoms with Gasteiger partial charge >= 0.3 is 0 Å². The summed E-state index contributed by atoms with van der Waals surface area (Å²) in [5, 5.41) is 30.1. The van der Waals surface area contributed by atoms with Crippen molar-refractivity contribution in [2.45, 2.75) is 39.4 Å². The Morgan fingerprint density at radius 3 is 2.62 bits per heavy atom. The maximum Gasteiger partial charge on any atom is 0.239 e. The summed E-state index contributed by atoms with van der Waals surface area (Å²) in [6.07, 6.45) is 0. The molecule has 1 aromatic heterocycles. The first-order valence-corrected chi connectivity index (χ1v) is 10.7. The Hall–Kier alpha value is -2.91. The van der Waals surface area contributed by atoms with Crippen molar-refractivity contribution in [1.82, 2.24) is 19.9 Å². The molecule has 7 nitrogen and oxygen atoms in total. The molecule has 0 saturated heterocycles. The number of aliphatic hydroxyl groups excluding tert-OH is 1. The fourth-order valence-corrected chi connectivity index (χ4v) is 4.11. The molecule has 2 heterocycles. The third-order valence-corrected chi connectivity index (χ3v) is 5.99. The smallest absolute Gasteiger partial charge is 0.239 e. The number of nitrogens with zero attached hydrogens (tertiary/aromatic N) is 3. The Balaban J connectivity index is 1.91. The molecule has 0 fully saturated rings. The minimum Gasteiger partial charge on any atom is -0.625 e. The van der Waals surface area contributed by atoms with Crippen LogP contribution in [-0.2, 0) is 6.54 Å². The summed E-state index contributed by atoms with van der Waals surface area (Å²) in [6, 6.07) is 13.5. The number of quaternary nitrogens is 1. The van der Waals surface area contributed by atoms with Crippen LogP contribution in [0.1, 0.15) is 36.6 Å². The topological polar surface area (TPSA) is 93.1 Å². The van der Waals surface area contributed by atoms with E-state index in [4.69, 9.17) is 0 Å². The van der Waals surface area contributed by atoms with Gasteiger partial charge in [0.05, 0.1) is 17.9 Å². The zero-order valence-corrected chi connectivity index (χ0v) is 18.5. The van der Waals surface area contributed by atoms with Crippen molar-refractivity contribution in [2.75, 3.05) is 18.6 Å². The average Bonchev–Trinajstić information content (AvgIpc) is 2.79. The summed E-state index contributed by atoms with van der Waals surface area (Å²) in [5.74, 6) is 0.317. The van der Waals surface area contributed by atoms with Crippen molar-refractivity contribution >= 4 is 11.8 Å². The van der Waals surface area contributed by atoms with Gasteiger partial charge in [-0.25, -0.2) is 9.37 Å². The summed E-state index contributed by atoms with van der Waals surface area (Å²) in [5.41, 5.74) is 3.66. The van der Waals surface area contributed by atoms with Gasteiger partial charge < -0.3 is 15.6 Å². The molecule has 0 amide bonds. The van der Waals surface area contributed by atoms with E-state index in [1.807, 2.05) is 44.2 Å². The third-order valence-electron chi connectivity index (χ3n) is 5.99. The van der Waals surface area contributed by atoms with E-state index in [2.05, 4.69) is 20.6 Å². The number of fused-ring (bicyclic) bond motifs is 1. The third kappa shape index (κ3) is 4.10. The van der Waals surface area contributed by atoms with E-state index in [0.29, 0.717) is 23.6 Å². The highest BCUT2D eigenvalue weighted by molar-refractivity contribution is 5.73. The molecule has 3 aromatic rings. The maximum atomic E-state index is 14.3. The Morgan fingerprint density at radius 2 is 1.94 bits per heavy atom. The van der Waals surface area contributed by atoms with Gasteiger partial charge in [-0.05, 0) is 44.5 Å². The molecule has 1 aliphatic heterocycles. The van der Waals surface area contributed by atoms with Gasteiger partial charge in [0, 0.05) is 23.7 Å². The lowest BCUT2D eigenvalue weighted by atomic mass is 9.99. The van der Waals surface area contributed by atoms with Gasteiger partial charge in [-0.1, -0.05) is 30.3 Å². The molecule has 2 aromatic carbocycles. The normalized spacial score (nSPS) is 19.8. The van der Waals surface area contributed by atoms with Crippen molar-refractivity contribution in [3.8, 4) is 11.3 Å². The summed E-state index contributed by atoms with van der Waals surface area (Å²) in [6.45, 7) is 6.01. The monoisotopic (exact) mass is 437 g/mol. The quantitative estimate of drug-likeness (QED) is 0.399. The fraction of sp³-hybridized carbons (Fsp3) is 0.333. The highest BCUT2D eigenvalue weighted by atomic mass is 19.1. The SMILES string of the molecule is Cc1cc(F)ccc1-c1nc(N[C@H](C)CO)nc2c1CNC[N+]2([O-])[C@@H](C)c1ccccc1. The molecule has 8 heteroatoms. The van der Waals surface area contributed by atoms with Gasteiger partial charge in [0.15, 0.2) is 0 Å². The van der Waals surface area contributed by atoms with Crippen LogP contribution < -0.4 is 15.3 Å². The summed E-state index contributed by atoms with van der Waals surface area (Å²) >= 11 is 0. The molecule has 3 N–H and O–H groups in total. The molecule has 0 radical (unpaired) electrons. The number of hydroxylamine groups is 2. The fourth-order valence-electron chi connectivity index (χ4n) is 4.11.